The van der Waals surface area contributed by atoms with Crippen molar-refractivity contribution in [3.63, 3.8) is 0 Å². The zero-order chi connectivity index (χ0) is 17.1. The molecular weight excluding hydrogens is 315 g/mol. The van der Waals surface area contributed by atoms with Gasteiger partial charge in [-0.3, -0.25) is 4.90 Å². The zero-order valence-electron chi connectivity index (χ0n) is 14.5. The first-order valence-corrected chi connectivity index (χ1v) is 9.16. The van der Waals surface area contributed by atoms with Crippen LogP contribution < -0.4 is 4.90 Å². The maximum absolute atomic E-state index is 13.7. The fourth-order valence-electron chi connectivity index (χ4n) is 4.19. The minimum absolute atomic E-state index is 0.166. The maximum atomic E-state index is 13.7. The van der Waals surface area contributed by atoms with E-state index in [1.165, 1.54) is 11.6 Å². The van der Waals surface area contributed by atoms with Crippen molar-refractivity contribution in [3.8, 4) is 0 Å². The number of hydrogen-bond donors (Lipinski definition) is 0. The molecule has 25 heavy (non-hydrogen) atoms. The molecule has 2 fully saturated rings. The summed E-state index contributed by atoms with van der Waals surface area (Å²) in [7, 11) is 0. The highest BCUT2D eigenvalue weighted by molar-refractivity contribution is 5.48. The molecule has 4 rings (SSSR count). The van der Waals surface area contributed by atoms with Gasteiger partial charge in [0, 0.05) is 43.8 Å². The largest absolute Gasteiger partial charge is 0.379 e. The van der Waals surface area contributed by atoms with Gasteiger partial charge < -0.3 is 9.64 Å². The van der Waals surface area contributed by atoms with Crippen molar-refractivity contribution in [1.29, 1.82) is 0 Å². The van der Waals surface area contributed by atoms with Crippen molar-refractivity contribution >= 4 is 5.69 Å². The number of likely N-dealkylation sites (tertiary alicyclic amines) is 1. The summed E-state index contributed by atoms with van der Waals surface area (Å²) >= 11 is 0. The van der Waals surface area contributed by atoms with Crippen molar-refractivity contribution in [2.45, 2.75) is 19.0 Å². The van der Waals surface area contributed by atoms with Gasteiger partial charge in [0.1, 0.15) is 5.82 Å². The first-order valence-electron chi connectivity index (χ1n) is 9.16. The normalized spacial score (nSPS) is 24.6. The van der Waals surface area contributed by atoms with Crippen LogP contribution in [0.4, 0.5) is 10.1 Å². The lowest BCUT2D eigenvalue weighted by molar-refractivity contribution is 0.0709. The number of benzene rings is 2. The third-order valence-corrected chi connectivity index (χ3v) is 5.38. The van der Waals surface area contributed by atoms with Crippen LogP contribution in [0.25, 0.3) is 0 Å². The summed E-state index contributed by atoms with van der Waals surface area (Å²) in [5.41, 5.74) is 2.34. The predicted octanol–water partition coefficient (Wildman–Crippen LogP) is 3.55. The third kappa shape index (κ3) is 3.86. The van der Waals surface area contributed by atoms with Crippen molar-refractivity contribution in [1.82, 2.24) is 4.90 Å². The Hall–Kier alpha value is -1.91. The number of hydrogen-bond acceptors (Lipinski definition) is 3. The Balaban J connectivity index is 1.48. The Morgan fingerprint density at radius 3 is 2.76 bits per heavy atom. The van der Waals surface area contributed by atoms with E-state index in [-0.39, 0.29) is 5.82 Å². The van der Waals surface area contributed by atoms with Crippen LogP contribution in [0.5, 0.6) is 0 Å². The fraction of sp³-hybridized carbons (Fsp3) is 0.429. The number of fused-ring (bicyclic) bond motifs is 1. The molecule has 2 aromatic rings. The summed E-state index contributed by atoms with van der Waals surface area (Å²) in [5.74, 6) is 0.295. The van der Waals surface area contributed by atoms with Gasteiger partial charge >= 0.3 is 0 Å². The van der Waals surface area contributed by atoms with Gasteiger partial charge in [0.25, 0.3) is 0 Å². The molecule has 0 unspecified atom stereocenters. The van der Waals surface area contributed by atoms with Gasteiger partial charge in [-0.1, -0.05) is 36.4 Å². The second-order valence-corrected chi connectivity index (χ2v) is 7.08. The molecule has 0 saturated carbocycles. The number of halogens is 1. The lowest BCUT2D eigenvalue weighted by Gasteiger charge is -2.43. The Morgan fingerprint density at radius 2 is 1.92 bits per heavy atom. The first kappa shape index (κ1) is 16.6. The SMILES string of the molecule is Fc1cccc(N2CCOC[C@H]3CN(Cc4ccccc4)CC[C@@H]32)c1. The number of rotatable bonds is 3. The predicted molar refractivity (Wildman–Crippen MR) is 98.2 cm³/mol. The molecule has 2 aliphatic heterocycles. The van der Waals surface area contributed by atoms with Crippen LogP contribution in [-0.2, 0) is 11.3 Å². The Kier molecular flexibility index (Phi) is 4.99. The molecule has 132 valence electrons. The Bertz CT molecular complexity index is 693. The van der Waals surface area contributed by atoms with Crippen LogP contribution in [0.3, 0.4) is 0 Å². The van der Waals surface area contributed by atoms with E-state index in [1.54, 1.807) is 12.1 Å². The third-order valence-electron chi connectivity index (χ3n) is 5.38. The molecule has 2 heterocycles. The standard InChI is InChI=1S/C21H25FN2O/c22-19-7-4-8-20(13-19)24-11-12-25-16-18-15-23(10-9-21(18)24)14-17-5-2-1-3-6-17/h1-8,13,18,21H,9-12,14-16H2/t18-,21+/m1/s1. The number of nitrogens with zero attached hydrogens (tertiary/aromatic N) is 2. The lowest BCUT2D eigenvalue weighted by atomic mass is 9.90. The van der Waals surface area contributed by atoms with E-state index >= 15 is 0 Å². The average molecular weight is 340 g/mol. The van der Waals surface area contributed by atoms with Crippen molar-refractivity contribution in [2.75, 3.05) is 37.7 Å². The van der Waals surface area contributed by atoms with Crippen LogP contribution in [-0.4, -0.2) is 43.8 Å². The monoisotopic (exact) mass is 340 g/mol. The van der Waals surface area contributed by atoms with Gasteiger partial charge in [-0.05, 0) is 30.2 Å². The summed E-state index contributed by atoms with van der Waals surface area (Å²) in [6.07, 6.45) is 1.09. The molecule has 0 spiro atoms. The van der Waals surface area contributed by atoms with Gasteiger partial charge in [0.15, 0.2) is 0 Å². The molecule has 2 aliphatic rings. The van der Waals surface area contributed by atoms with Crippen LogP contribution >= 0.6 is 0 Å². The highest BCUT2D eigenvalue weighted by Crippen LogP contribution is 2.30. The summed E-state index contributed by atoms with van der Waals surface area (Å²) in [6.45, 7) is 5.44. The first-order chi connectivity index (χ1) is 12.3. The minimum atomic E-state index is -0.166. The average Bonchev–Trinajstić information content (AvgIpc) is 2.84. The highest BCUT2D eigenvalue weighted by Gasteiger charge is 2.35. The molecule has 3 nitrogen and oxygen atoms in total. The fourth-order valence-corrected chi connectivity index (χ4v) is 4.19. The molecule has 2 atom stereocenters. The summed E-state index contributed by atoms with van der Waals surface area (Å²) < 4.78 is 19.6. The smallest absolute Gasteiger partial charge is 0.125 e. The van der Waals surface area contributed by atoms with Crippen molar-refractivity contribution in [2.24, 2.45) is 5.92 Å². The number of piperidine rings is 1. The van der Waals surface area contributed by atoms with Gasteiger partial charge in [-0.25, -0.2) is 4.39 Å². The second-order valence-electron chi connectivity index (χ2n) is 7.08. The van der Waals surface area contributed by atoms with Gasteiger partial charge in [0.05, 0.1) is 13.2 Å². The van der Waals surface area contributed by atoms with E-state index in [2.05, 4.69) is 40.1 Å². The van der Waals surface area contributed by atoms with Crippen molar-refractivity contribution < 1.29 is 9.13 Å². The molecule has 0 aromatic heterocycles. The molecule has 2 saturated heterocycles. The summed E-state index contributed by atoms with van der Waals surface area (Å²) in [5, 5.41) is 0. The van der Waals surface area contributed by atoms with Crippen molar-refractivity contribution in [3.05, 3.63) is 66.0 Å². The number of anilines is 1. The zero-order valence-corrected chi connectivity index (χ0v) is 14.5. The van der Waals surface area contributed by atoms with E-state index < -0.39 is 0 Å². The molecule has 0 N–H and O–H groups in total. The molecule has 0 radical (unpaired) electrons. The molecule has 0 bridgehead atoms. The lowest BCUT2D eigenvalue weighted by Crippen LogP contribution is -2.51. The van der Waals surface area contributed by atoms with Crippen LogP contribution in [0.15, 0.2) is 54.6 Å². The topological polar surface area (TPSA) is 15.7 Å². The molecule has 2 aromatic carbocycles. The van der Waals surface area contributed by atoms with Gasteiger partial charge in [-0.15, -0.1) is 0 Å². The highest BCUT2D eigenvalue weighted by atomic mass is 19.1. The van der Waals surface area contributed by atoms with Crippen LogP contribution in [0.2, 0.25) is 0 Å². The summed E-state index contributed by atoms with van der Waals surface area (Å²) in [4.78, 5) is 4.88. The van der Waals surface area contributed by atoms with E-state index in [9.17, 15) is 4.39 Å². The van der Waals surface area contributed by atoms with Crippen LogP contribution in [0.1, 0.15) is 12.0 Å². The van der Waals surface area contributed by atoms with E-state index in [0.29, 0.717) is 18.6 Å². The molecule has 0 amide bonds. The quantitative estimate of drug-likeness (QED) is 0.850. The molecule has 4 heteroatoms. The van der Waals surface area contributed by atoms with E-state index in [1.807, 2.05) is 6.07 Å². The second kappa shape index (κ2) is 7.54. The Morgan fingerprint density at radius 1 is 1.04 bits per heavy atom. The van der Waals surface area contributed by atoms with E-state index in [0.717, 1.165) is 44.9 Å². The molecular formula is C21H25FN2O. The number of ether oxygens (including phenoxy) is 1. The maximum Gasteiger partial charge on any atom is 0.125 e. The Labute approximate surface area is 149 Å². The minimum Gasteiger partial charge on any atom is -0.379 e. The van der Waals surface area contributed by atoms with Gasteiger partial charge in [-0.2, -0.15) is 0 Å². The van der Waals surface area contributed by atoms with E-state index in [4.69, 9.17) is 4.74 Å². The molecule has 0 aliphatic carbocycles. The van der Waals surface area contributed by atoms with Gasteiger partial charge in [0.2, 0.25) is 0 Å². The summed E-state index contributed by atoms with van der Waals surface area (Å²) in [6, 6.07) is 18.0. The van der Waals surface area contributed by atoms with Crippen LogP contribution in [0, 0.1) is 11.7 Å².